The Labute approximate surface area is 93.0 Å². The van der Waals surface area contributed by atoms with Gasteiger partial charge < -0.3 is 20.4 Å². The van der Waals surface area contributed by atoms with E-state index in [-0.39, 0.29) is 0 Å². The average molecular weight is 232 g/mol. The molecule has 1 unspecified atom stereocenters. The van der Waals surface area contributed by atoms with E-state index >= 15 is 0 Å². The molecule has 0 aliphatic heterocycles. The largest absolute Gasteiger partial charge is 0.480 e. The molecule has 0 aromatic carbocycles. The fourth-order valence-electron chi connectivity index (χ4n) is 1.24. The molecule has 0 radical (unpaired) electrons. The lowest BCUT2D eigenvalue weighted by atomic mass is 10.1. The smallest absolute Gasteiger partial charge is 0.323 e. The highest BCUT2D eigenvalue weighted by atomic mass is 16.4. The van der Waals surface area contributed by atoms with Crippen LogP contribution in [-0.2, 0) is 14.4 Å². The standard InChI is InChI=1S/C9H16N2O5/c1-6(3-10-2)9(16)11(4-7(12)13)5-8(14)15/h6,10H,3-5H2,1-2H3,(H,12,13)(H,14,15). The molecule has 92 valence electrons. The molecule has 0 aliphatic rings. The summed E-state index contributed by atoms with van der Waals surface area (Å²) in [6, 6.07) is 0. The quantitative estimate of drug-likeness (QED) is 0.511. The van der Waals surface area contributed by atoms with Crippen molar-refractivity contribution in [1.82, 2.24) is 10.2 Å². The van der Waals surface area contributed by atoms with Crippen molar-refractivity contribution in [1.29, 1.82) is 0 Å². The highest BCUT2D eigenvalue weighted by Gasteiger charge is 2.23. The normalized spacial score (nSPS) is 11.9. The molecule has 0 saturated carbocycles. The Kier molecular flexibility index (Phi) is 6.09. The highest BCUT2D eigenvalue weighted by molar-refractivity contribution is 5.86. The summed E-state index contributed by atoms with van der Waals surface area (Å²) in [5.74, 6) is -3.40. The third kappa shape index (κ3) is 5.30. The molecule has 0 fully saturated rings. The van der Waals surface area contributed by atoms with Crippen LogP contribution in [0.3, 0.4) is 0 Å². The number of carbonyl (C=O) groups is 3. The first-order chi connectivity index (χ1) is 7.38. The zero-order chi connectivity index (χ0) is 12.7. The molecule has 0 aromatic rings. The van der Waals surface area contributed by atoms with Crippen molar-refractivity contribution in [2.45, 2.75) is 6.92 Å². The zero-order valence-corrected chi connectivity index (χ0v) is 9.27. The maximum absolute atomic E-state index is 11.7. The van der Waals surface area contributed by atoms with E-state index in [0.717, 1.165) is 4.90 Å². The van der Waals surface area contributed by atoms with E-state index in [1.165, 1.54) is 0 Å². The minimum Gasteiger partial charge on any atom is -0.480 e. The maximum Gasteiger partial charge on any atom is 0.323 e. The molecular weight excluding hydrogens is 216 g/mol. The molecule has 0 rings (SSSR count). The average Bonchev–Trinajstić information content (AvgIpc) is 2.14. The second kappa shape index (κ2) is 6.78. The van der Waals surface area contributed by atoms with E-state index in [1.807, 2.05) is 0 Å². The van der Waals surface area contributed by atoms with Gasteiger partial charge in [-0.3, -0.25) is 14.4 Å². The summed E-state index contributed by atoms with van der Waals surface area (Å²) in [5, 5.41) is 19.9. The molecule has 0 bridgehead atoms. The predicted octanol–water partition coefficient (Wildman–Crippen LogP) is -1.16. The van der Waals surface area contributed by atoms with Crippen LogP contribution < -0.4 is 5.32 Å². The topological polar surface area (TPSA) is 107 Å². The molecule has 0 heterocycles. The van der Waals surface area contributed by atoms with Gasteiger partial charge in [-0.2, -0.15) is 0 Å². The number of aliphatic carboxylic acids is 2. The summed E-state index contributed by atoms with van der Waals surface area (Å²) >= 11 is 0. The van der Waals surface area contributed by atoms with Gasteiger partial charge in [0.2, 0.25) is 5.91 Å². The SMILES string of the molecule is CNCC(C)C(=O)N(CC(=O)O)CC(=O)O. The molecular formula is C9H16N2O5. The molecule has 3 N–H and O–H groups in total. The van der Waals surface area contributed by atoms with E-state index < -0.39 is 36.9 Å². The van der Waals surface area contributed by atoms with Gasteiger partial charge in [-0.05, 0) is 7.05 Å². The first-order valence-corrected chi connectivity index (χ1v) is 4.75. The van der Waals surface area contributed by atoms with E-state index in [0.29, 0.717) is 6.54 Å². The Hall–Kier alpha value is -1.63. The van der Waals surface area contributed by atoms with Crippen LogP contribution in [-0.4, -0.2) is 59.6 Å². The molecule has 16 heavy (non-hydrogen) atoms. The molecule has 7 heteroatoms. The monoisotopic (exact) mass is 232 g/mol. The van der Waals surface area contributed by atoms with Gasteiger partial charge in [0, 0.05) is 12.5 Å². The van der Waals surface area contributed by atoms with Crippen LogP contribution in [0.25, 0.3) is 0 Å². The zero-order valence-electron chi connectivity index (χ0n) is 9.27. The van der Waals surface area contributed by atoms with Crippen molar-refractivity contribution in [3.05, 3.63) is 0 Å². The van der Waals surface area contributed by atoms with Crippen molar-refractivity contribution in [2.24, 2.45) is 5.92 Å². The number of nitrogens with zero attached hydrogens (tertiary/aromatic N) is 1. The summed E-state index contributed by atoms with van der Waals surface area (Å²) in [7, 11) is 1.66. The fraction of sp³-hybridized carbons (Fsp3) is 0.667. The van der Waals surface area contributed by atoms with Crippen LogP contribution >= 0.6 is 0 Å². The third-order valence-corrected chi connectivity index (χ3v) is 1.90. The van der Waals surface area contributed by atoms with Gasteiger partial charge in [-0.15, -0.1) is 0 Å². The number of hydrogen-bond donors (Lipinski definition) is 3. The number of carbonyl (C=O) groups excluding carboxylic acids is 1. The second-order valence-electron chi connectivity index (χ2n) is 3.44. The summed E-state index contributed by atoms with van der Waals surface area (Å²) < 4.78 is 0. The van der Waals surface area contributed by atoms with Gasteiger partial charge in [-0.25, -0.2) is 0 Å². The predicted molar refractivity (Wildman–Crippen MR) is 54.9 cm³/mol. The lowest BCUT2D eigenvalue weighted by molar-refractivity contribution is -0.150. The molecule has 1 amide bonds. The second-order valence-corrected chi connectivity index (χ2v) is 3.44. The fourth-order valence-corrected chi connectivity index (χ4v) is 1.24. The Morgan fingerprint density at radius 1 is 1.19 bits per heavy atom. The number of nitrogens with one attached hydrogen (secondary N) is 1. The van der Waals surface area contributed by atoms with Crippen molar-refractivity contribution >= 4 is 17.8 Å². The lowest BCUT2D eigenvalue weighted by Gasteiger charge is -2.22. The van der Waals surface area contributed by atoms with Crippen LogP contribution in [0.4, 0.5) is 0 Å². The first-order valence-electron chi connectivity index (χ1n) is 4.75. The van der Waals surface area contributed by atoms with Crippen LogP contribution in [0.15, 0.2) is 0 Å². The third-order valence-electron chi connectivity index (χ3n) is 1.90. The van der Waals surface area contributed by atoms with Crippen molar-refractivity contribution in [2.75, 3.05) is 26.7 Å². The number of hydrogen-bond acceptors (Lipinski definition) is 4. The summed E-state index contributed by atoms with van der Waals surface area (Å²) in [6.45, 7) is 0.780. The van der Waals surface area contributed by atoms with Crippen LogP contribution in [0.5, 0.6) is 0 Å². The van der Waals surface area contributed by atoms with Gasteiger partial charge in [0.15, 0.2) is 0 Å². The Morgan fingerprint density at radius 3 is 1.94 bits per heavy atom. The summed E-state index contributed by atoms with van der Waals surface area (Å²) in [6.07, 6.45) is 0. The summed E-state index contributed by atoms with van der Waals surface area (Å²) in [5.41, 5.74) is 0. The molecule has 0 aliphatic carbocycles. The Balaban J connectivity index is 4.54. The van der Waals surface area contributed by atoms with E-state index in [2.05, 4.69) is 5.32 Å². The number of rotatable bonds is 7. The van der Waals surface area contributed by atoms with Crippen molar-refractivity contribution < 1.29 is 24.6 Å². The maximum atomic E-state index is 11.7. The molecule has 1 atom stereocenters. The van der Waals surface area contributed by atoms with Crippen molar-refractivity contribution in [3.8, 4) is 0 Å². The highest BCUT2D eigenvalue weighted by Crippen LogP contribution is 2.01. The number of carboxylic acids is 2. The van der Waals surface area contributed by atoms with Gasteiger partial charge in [0.25, 0.3) is 0 Å². The molecule has 7 nitrogen and oxygen atoms in total. The summed E-state index contributed by atoms with van der Waals surface area (Å²) in [4.78, 5) is 33.4. The number of amides is 1. The van der Waals surface area contributed by atoms with E-state index in [1.54, 1.807) is 14.0 Å². The first kappa shape index (κ1) is 14.4. The van der Waals surface area contributed by atoms with Gasteiger partial charge in [0.1, 0.15) is 13.1 Å². The van der Waals surface area contributed by atoms with Gasteiger partial charge >= 0.3 is 11.9 Å². The minimum atomic E-state index is -1.23. The minimum absolute atomic E-state index is 0.370. The van der Waals surface area contributed by atoms with Gasteiger partial charge in [0.05, 0.1) is 0 Å². The van der Waals surface area contributed by atoms with Crippen LogP contribution in [0.1, 0.15) is 6.92 Å². The van der Waals surface area contributed by atoms with Gasteiger partial charge in [-0.1, -0.05) is 6.92 Å². The molecule has 0 spiro atoms. The molecule has 0 aromatic heterocycles. The van der Waals surface area contributed by atoms with Crippen LogP contribution in [0.2, 0.25) is 0 Å². The molecule has 0 saturated heterocycles. The lowest BCUT2D eigenvalue weighted by Crippen LogP contribution is -2.44. The number of carboxylic acid groups (broad SMARTS) is 2. The Bertz CT molecular complexity index is 263. The van der Waals surface area contributed by atoms with E-state index in [4.69, 9.17) is 10.2 Å². The van der Waals surface area contributed by atoms with Crippen LogP contribution in [0, 0.1) is 5.92 Å². The Morgan fingerprint density at radius 2 is 1.62 bits per heavy atom. The van der Waals surface area contributed by atoms with E-state index in [9.17, 15) is 14.4 Å². The van der Waals surface area contributed by atoms with Crippen molar-refractivity contribution in [3.63, 3.8) is 0 Å².